The number of benzene rings is 2. The van der Waals surface area contributed by atoms with E-state index in [0.717, 1.165) is 17.7 Å². The quantitative estimate of drug-likeness (QED) is 0.575. The molecule has 0 saturated heterocycles. The van der Waals surface area contributed by atoms with E-state index in [1.807, 2.05) is 31.2 Å². The molecule has 2 amide bonds. The number of carbonyl (C=O) groups excluding carboxylic acids is 3. The second-order valence-corrected chi connectivity index (χ2v) is 6.01. The minimum Gasteiger partial charge on any atom is -0.452 e. The van der Waals surface area contributed by atoms with E-state index in [9.17, 15) is 14.4 Å². The molecule has 0 aliphatic heterocycles. The Morgan fingerprint density at radius 1 is 1.07 bits per heavy atom. The lowest BCUT2D eigenvalue weighted by Gasteiger charge is -2.17. The number of nitrogens with zero attached hydrogens (tertiary/aromatic N) is 1. The smallest absolute Gasteiger partial charge is 0.338 e. The largest absolute Gasteiger partial charge is 0.452 e. The Morgan fingerprint density at radius 2 is 1.74 bits per heavy atom. The molecule has 0 saturated carbocycles. The zero-order valence-electron chi connectivity index (χ0n) is 15.4. The van der Waals surface area contributed by atoms with Crippen molar-refractivity contribution < 1.29 is 19.1 Å². The van der Waals surface area contributed by atoms with Crippen molar-refractivity contribution in [1.29, 1.82) is 0 Å². The van der Waals surface area contributed by atoms with Crippen LogP contribution in [0.25, 0.3) is 0 Å². The third kappa shape index (κ3) is 5.85. The van der Waals surface area contributed by atoms with Crippen molar-refractivity contribution >= 4 is 29.2 Å². The summed E-state index contributed by atoms with van der Waals surface area (Å²) in [4.78, 5) is 37.4. The van der Waals surface area contributed by atoms with Crippen LogP contribution in [0.4, 0.5) is 11.4 Å². The summed E-state index contributed by atoms with van der Waals surface area (Å²) in [6.07, 6.45) is 0.784. The van der Waals surface area contributed by atoms with Gasteiger partial charge in [0.25, 0.3) is 5.91 Å². The van der Waals surface area contributed by atoms with E-state index in [1.54, 1.807) is 12.1 Å². The average molecular weight is 369 g/mol. The maximum Gasteiger partial charge on any atom is 0.338 e. The lowest BCUT2D eigenvalue weighted by molar-refractivity contribution is -0.136. The summed E-state index contributed by atoms with van der Waals surface area (Å²) in [7, 11) is 1.48. The lowest BCUT2D eigenvalue weighted by Crippen LogP contribution is -2.37. The van der Waals surface area contributed by atoms with Gasteiger partial charge in [0.1, 0.15) is 0 Å². The van der Waals surface area contributed by atoms with Gasteiger partial charge in [-0.2, -0.15) is 0 Å². The van der Waals surface area contributed by atoms with Crippen molar-refractivity contribution in [2.24, 2.45) is 0 Å². The van der Waals surface area contributed by atoms with Crippen molar-refractivity contribution in [2.75, 3.05) is 31.2 Å². The van der Waals surface area contributed by atoms with Crippen molar-refractivity contribution in [3.05, 3.63) is 59.7 Å². The third-order valence-corrected chi connectivity index (χ3v) is 3.95. The van der Waals surface area contributed by atoms with Gasteiger partial charge in [-0.25, -0.2) is 4.79 Å². The standard InChI is InChI=1S/C20H23N3O4/c1-3-14-6-4-5-7-17(14)22-18(24)12-23(2)19(25)13-27-20(26)15-8-10-16(21)11-9-15/h4-11H,3,12-13,21H2,1-2H3,(H,22,24). The van der Waals surface area contributed by atoms with Gasteiger partial charge in [-0.15, -0.1) is 0 Å². The number of para-hydroxylation sites is 1. The first-order chi connectivity index (χ1) is 12.9. The molecular formula is C20H23N3O4. The van der Waals surface area contributed by atoms with E-state index in [-0.39, 0.29) is 12.5 Å². The first-order valence-corrected chi connectivity index (χ1v) is 8.55. The van der Waals surface area contributed by atoms with Crippen LogP contribution in [-0.2, 0) is 20.7 Å². The number of hydrogen-bond acceptors (Lipinski definition) is 5. The molecule has 0 unspecified atom stereocenters. The topological polar surface area (TPSA) is 102 Å². The number of rotatable bonds is 7. The second kappa shape index (κ2) is 9.38. The van der Waals surface area contributed by atoms with E-state index in [0.29, 0.717) is 11.3 Å². The molecule has 3 N–H and O–H groups in total. The van der Waals surface area contributed by atoms with Crippen molar-refractivity contribution in [3.63, 3.8) is 0 Å². The zero-order valence-corrected chi connectivity index (χ0v) is 15.4. The van der Waals surface area contributed by atoms with Crippen molar-refractivity contribution in [1.82, 2.24) is 4.90 Å². The number of nitrogen functional groups attached to an aromatic ring is 1. The number of esters is 1. The molecule has 2 aromatic carbocycles. The minimum absolute atomic E-state index is 0.143. The number of ether oxygens (including phenoxy) is 1. The summed E-state index contributed by atoms with van der Waals surface area (Å²) >= 11 is 0. The molecule has 7 nitrogen and oxygen atoms in total. The van der Waals surface area contributed by atoms with Gasteiger partial charge in [-0.05, 0) is 42.3 Å². The summed E-state index contributed by atoms with van der Waals surface area (Å²) in [6, 6.07) is 13.7. The van der Waals surface area contributed by atoms with Gasteiger partial charge in [0.05, 0.1) is 12.1 Å². The third-order valence-electron chi connectivity index (χ3n) is 3.95. The number of amides is 2. The second-order valence-electron chi connectivity index (χ2n) is 6.01. The van der Waals surface area contributed by atoms with E-state index in [2.05, 4.69) is 5.32 Å². The molecule has 2 rings (SSSR count). The minimum atomic E-state index is -0.627. The van der Waals surface area contributed by atoms with Crippen LogP contribution >= 0.6 is 0 Å². The number of anilines is 2. The van der Waals surface area contributed by atoms with Crippen molar-refractivity contribution in [3.8, 4) is 0 Å². The van der Waals surface area contributed by atoms with Crippen LogP contribution in [-0.4, -0.2) is 42.9 Å². The maximum absolute atomic E-state index is 12.2. The fourth-order valence-electron chi connectivity index (χ4n) is 2.38. The molecular weight excluding hydrogens is 346 g/mol. The Bertz CT molecular complexity index is 818. The Morgan fingerprint density at radius 3 is 2.41 bits per heavy atom. The Kier molecular flexibility index (Phi) is 6.93. The average Bonchev–Trinajstić information content (AvgIpc) is 2.66. The molecule has 0 spiro atoms. The van der Waals surface area contributed by atoms with E-state index < -0.39 is 18.5 Å². The molecule has 7 heteroatoms. The first kappa shape index (κ1) is 20.0. The highest BCUT2D eigenvalue weighted by Crippen LogP contribution is 2.15. The Labute approximate surface area is 158 Å². The van der Waals surface area contributed by atoms with Crippen LogP contribution in [0.1, 0.15) is 22.8 Å². The number of aryl methyl sites for hydroxylation is 1. The molecule has 2 aromatic rings. The molecule has 0 aliphatic carbocycles. The number of hydrogen-bond donors (Lipinski definition) is 2. The Balaban J connectivity index is 1.83. The van der Waals surface area contributed by atoms with Gasteiger partial charge >= 0.3 is 5.97 Å². The van der Waals surface area contributed by atoms with E-state index in [1.165, 1.54) is 24.1 Å². The first-order valence-electron chi connectivity index (χ1n) is 8.55. The highest BCUT2D eigenvalue weighted by molar-refractivity contribution is 5.96. The van der Waals surface area contributed by atoms with Gasteiger partial charge in [0.15, 0.2) is 6.61 Å². The zero-order chi connectivity index (χ0) is 19.8. The van der Waals surface area contributed by atoms with Gasteiger partial charge in [0, 0.05) is 18.4 Å². The predicted molar refractivity (Wildman–Crippen MR) is 103 cm³/mol. The van der Waals surface area contributed by atoms with Gasteiger partial charge in [0.2, 0.25) is 5.91 Å². The summed E-state index contributed by atoms with van der Waals surface area (Å²) < 4.78 is 4.98. The molecule has 27 heavy (non-hydrogen) atoms. The summed E-state index contributed by atoms with van der Waals surface area (Å²) in [5.74, 6) is -1.42. The van der Waals surface area contributed by atoms with Gasteiger partial charge < -0.3 is 20.7 Å². The van der Waals surface area contributed by atoms with Crippen LogP contribution in [0.3, 0.4) is 0 Å². The number of likely N-dealkylation sites (N-methyl/N-ethyl adjacent to an activating group) is 1. The van der Waals surface area contributed by atoms with Crippen molar-refractivity contribution in [2.45, 2.75) is 13.3 Å². The molecule has 0 heterocycles. The molecule has 142 valence electrons. The van der Waals surface area contributed by atoms with Crippen LogP contribution in [0.15, 0.2) is 48.5 Å². The molecule has 0 atom stereocenters. The summed E-state index contributed by atoms with van der Waals surface area (Å²) in [6.45, 7) is 1.41. The van der Waals surface area contributed by atoms with Crippen LogP contribution < -0.4 is 11.1 Å². The van der Waals surface area contributed by atoms with Gasteiger partial charge in [-0.3, -0.25) is 9.59 Å². The Hall–Kier alpha value is -3.35. The number of carbonyl (C=O) groups is 3. The monoisotopic (exact) mass is 369 g/mol. The fraction of sp³-hybridized carbons (Fsp3) is 0.250. The molecule has 0 aliphatic rings. The number of nitrogens with one attached hydrogen (secondary N) is 1. The van der Waals surface area contributed by atoms with Crippen LogP contribution in [0, 0.1) is 0 Å². The molecule has 0 aromatic heterocycles. The molecule has 0 radical (unpaired) electrons. The maximum atomic E-state index is 12.2. The van der Waals surface area contributed by atoms with E-state index >= 15 is 0 Å². The van der Waals surface area contributed by atoms with E-state index in [4.69, 9.17) is 10.5 Å². The highest BCUT2D eigenvalue weighted by atomic mass is 16.5. The fourth-order valence-corrected chi connectivity index (χ4v) is 2.38. The van der Waals surface area contributed by atoms with Crippen LogP contribution in [0.5, 0.6) is 0 Å². The number of nitrogens with two attached hydrogens (primary N) is 1. The molecule has 0 bridgehead atoms. The predicted octanol–water partition coefficient (Wildman–Crippen LogP) is 2.09. The molecule has 0 fully saturated rings. The lowest BCUT2D eigenvalue weighted by atomic mass is 10.1. The van der Waals surface area contributed by atoms with Gasteiger partial charge in [-0.1, -0.05) is 25.1 Å². The highest BCUT2D eigenvalue weighted by Gasteiger charge is 2.16. The summed E-state index contributed by atoms with van der Waals surface area (Å²) in [5, 5.41) is 2.79. The summed E-state index contributed by atoms with van der Waals surface area (Å²) in [5.41, 5.74) is 8.12. The van der Waals surface area contributed by atoms with Crippen LogP contribution in [0.2, 0.25) is 0 Å². The normalized spacial score (nSPS) is 10.1. The SMILES string of the molecule is CCc1ccccc1NC(=O)CN(C)C(=O)COC(=O)c1ccc(N)cc1.